The predicted molar refractivity (Wildman–Crippen MR) is 120 cm³/mol. The Kier molecular flexibility index (Phi) is 8.82. The molecule has 3 atom stereocenters. The number of hydrogen-bond acceptors (Lipinski definition) is 6. The summed E-state index contributed by atoms with van der Waals surface area (Å²) in [6.07, 6.45) is 1.78. The lowest BCUT2D eigenvalue weighted by Gasteiger charge is -2.24. The zero-order valence-corrected chi connectivity index (χ0v) is 19.2. The molecule has 3 rings (SSSR count). The fraction of sp³-hybridized carbons (Fsp3) is 0.583. The summed E-state index contributed by atoms with van der Waals surface area (Å²) < 4.78 is 10.5. The summed E-state index contributed by atoms with van der Waals surface area (Å²) in [5, 5.41) is 8.00. The molecular weight excluding hydrogens is 426 g/mol. The monoisotopic (exact) mass is 459 g/mol. The lowest BCUT2D eigenvalue weighted by atomic mass is 9.99. The number of benzene rings is 1. The van der Waals surface area contributed by atoms with Crippen molar-refractivity contribution in [3.8, 4) is 0 Å². The molecule has 0 spiro atoms. The number of alkyl carbamates (subject to hydrolysis) is 1. The first-order chi connectivity index (χ1) is 15.8. The van der Waals surface area contributed by atoms with E-state index in [2.05, 4.69) is 16.0 Å². The van der Waals surface area contributed by atoms with Gasteiger partial charge >= 0.3 is 6.09 Å². The van der Waals surface area contributed by atoms with E-state index < -0.39 is 35.8 Å². The molecule has 33 heavy (non-hydrogen) atoms. The zero-order chi connectivity index (χ0) is 23.8. The molecule has 2 aliphatic rings. The van der Waals surface area contributed by atoms with Crippen LogP contribution in [0.3, 0.4) is 0 Å². The van der Waals surface area contributed by atoms with E-state index in [1.165, 1.54) is 0 Å². The van der Waals surface area contributed by atoms with Crippen LogP contribution in [0.4, 0.5) is 4.79 Å². The SMILES string of the molecule is CC(C)C[C@H](NC(=O)O[C@H]1CCOC1)C(=O)N[C@@H](Cc1ccccc1)C(=O)C(=O)NC1CC1. The van der Waals surface area contributed by atoms with Crippen molar-refractivity contribution in [3.05, 3.63) is 35.9 Å². The van der Waals surface area contributed by atoms with Gasteiger partial charge in [-0.3, -0.25) is 14.4 Å². The maximum Gasteiger partial charge on any atom is 0.408 e. The molecule has 0 bridgehead atoms. The summed E-state index contributed by atoms with van der Waals surface area (Å²) in [7, 11) is 0. The minimum atomic E-state index is -1.05. The smallest absolute Gasteiger partial charge is 0.408 e. The quantitative estimate of drug-likeness (QED) is 0.431. The van der Waals surface area contributed by atoms with Crippen LogP contribution in [0.5, 0.6) is 0 Å². The molecule has 3 N–H and O–H groups in total. The molecule has 1 aliphatic carbocycles. The van der Waals surface area contributed by atoms with Gasteiger partial charge < -0.3 is 25.4 Å². The summed E-state index contributed by atoms with van der Waals surface area (Å²) in [5.74, 6) is -1.84. The summed E-state index contributed by atoms with van der Waals surface area (Å²) in [6, 6.07) is 7.24. The minimum absolute atomic E-state index is 0.0271. The second-order valence-corrected chi connectivity index (χ2v) is 9.08. The molecule has 0 aromatic heterocycles. The standard InChI is InChI=1S/C24H33N3O6/c1-15(2)12-20(27-24(31)33-18-10-11-32-14-18)22(29)26-19(13-16-6-4-3-5-7-16)21(28)23(30)25-17-8-9-17/h3-7,15,17-20H,8-14H2,1-2H3,(H,25,30)(H,26,29)(H,27,31)/t18-,19-,20-/m0/s1. The van der Waals surface area contributed by atoms with Crippen LogP contribution in [0.2, 0.25) is 0 Å². The molecule has 1 aliphatic heterocycles. The lowest BCUT2D eigenvalue weighted by molar-refractivity contribution is -0.140. The number of hydrogen-bond donors (Lipinski definition) is 3. The molecule has 1 saturated carbocycles. The highest BCUT2D eigenvalue weighted by Gasteiger charge is 2.34. The molecule has 0 radical (unpaired) electrons. The Labute approximate surface area is 194 Å². The molecule has 9 nitrogen and oxygen atoms in total. The first kappa shape index (κ1) is 24.7. The number of Topliss-reactive ketones (excluding diaryl/α,β-unsaturated/α-hetero) is 1. The van der Waals surface area contributed by atoms with Gasteiger partial charge in [0, 0.05) is 18.9 Å². The summed E-state index contributed by atoms with van der Waals surface area (Å²) >= 11 is 0. The molecule has 1 heterocycles. The van der Waals surface area contributed by atoms with Gasteiger partial charge in [-0.15, -0.1) is 0 Å². The Morgan fingerprint density at radius 1 is 1.03 bits per heavy atom. The fourth-order valence-corrected chi connectivity index (χ4v) is 3.61. The first-order valence-corrected chi connectivity index (χ1v) is 11.6. The largest absolute Gasteiger partial charge is 0.444 e. The number of nitrogens with one attached hydrogen (secondary N) is 3. The Morgan fingerprint density at radius 3 is 2.36 bits per heavy atom. The van der Waals surface area contributed by atoms with Crippen molar-refractivity contribution < 1.29 is 28.7 Å². The van der Waals surface area contributed by atoms with E-state index in [0.717, 1.165) is 18.4 Å². The predicted octanol–water partition coefficient (Wildman–Crippen LogP) is 1.49. The van der Waals surface area contributed by atoms with Crippen molar-refractivity contribution in [1.82, 2.24) is 16.0 Å². The molecule has 1 saturated heterocycles. The maximum absolute atomic E-state index is 13.1. The van der Waals surface area contributed by atoms with Gasteiger partial charge in [0.15, 0.2) is 0 Å². The molecular formula is C24H33N3O6. The average molecular weight is 460 g/mol. The summed E-state index contributed by atoms with van der Waals surface area (Å²) in [5.41, 5.74) is 0.810. The molecule has 180 valence electrons. The van der Waals surface area contributed by atoms with Crippen LogP contribution in [0.25, 0.3) is 0 Å². The van der Waals surface area contributed by atoms with E-state index in [-0.39, 0.29) is 24.5 Å². The van der Waals surface area contributed by atoms with Crippen molar-refractivity contribution in [2.24, 2.45) is 5.92 Å². The topological polar surface area (TPSA) is 123 Å². The Hall–Kier alpha value is -2.94. The number of carbonyl (C=O) groups is 4. The van der Waals surface area contributed by atoms with E-state index >= 15 is 0 Å². The van der Waals surface area contributed by atoms with Crippen LogP contribution in [-0.2, 0) is 30.3 Å². The van der Waals surface area contributed by atoms with Crippen LogP contribution in [0, 0.1) is 5.92 Å². The van der Waals surface area contributed by atoms with Crippen LogP contribution in [0.1, 0.15) is 45.1 Å². The third-order valence-electron chi connectivity index (χ3n) is 5.53. The molecule has 2 fully saturated rings. The van der Waals surface area contributed by atoms with E-state index in [1.54, 1.807) is 0 Å². The third-order valence-corrected chi connectivity index (χ3v) is 5.53. The van der Waals surface area contributed by atoms with Crippen LogP contribution < -0.4 is 16.0 Å². The molecule has 1 aromatic rings. The minimum Gasteiger partial charge on any atom is -0.444 e. The van der Waals surface area contributed by atoms with Crippen LogP contribution in [0.15, 0.2) is 30.3 Å². The van der Waals surface area contributed by atoms with Gasteiger partial charge in [-0.25, -0.2) is 4.79 Å². The first-order valence-electron chi connectivity index (χ1n) is 11.6. The summed E-state index contributed by atoms with van der Waals surface area (Å²) in [6.45, 7) is 4.71. The van der Waals surface area contributed by atoms with Gasteiger partial charge in [0.1, 0.15) is 18.2 Å². The van der Waals surface area contributed by atoms with E-state index in [1.807, 2.05) is 44.2 Å². The Balaban J connectivity index is 1.67. The van der Waals surface area contributed by atoms with E-state index in [9.17, 15) is 19.2 Å². The highest BCUT2D eigenvalue weighted by molar-refractivity contribution is 6.38. The van der Waals surface area contributed by atoms with Gasteiger partial charge in [-0.05, 0) is 30.7 Å². The van der Waals surface area contributed by atoms with Crippen molar-refractivity contribution in [2.45, 2.75) is 70.2 Å². The highest BCUT2D eigenvalue weighted by atomic mass is 16.6. The third kappa shape index (κ3) is 8.16. The van der Waals surface area contributed by atoms with Crippen molar-refractivity contribution in [2.75, 3.05) is 13.2 Å². The fourth-order valence-electron chi connectivity index (χ4n) is 3.61. The summed E-state index contributed by atoms with van der Waals surface area (Å²) in [4.78, 5) is 50.8. The second-order valence-electron chi connectivity index (χ2n) is 9.08. The second kappa shape index (κ2) is 11.8. The Morgan fingerprint density at radius 2 is 1.76 bits per heavy atom. The van der Waals surface area contributed by atoms with Gasteiger partial charge in [-0.2, -0.15) is 0 Å². The molecule has 0 unspecified atom stereocenters. The van der Waals surface area contributed by atoms with Crippen LogP contribution in [-0.4, -0.2) is 61.1 Å². The zero-order valence-electron chi connectivity index (χ0n) is 19.2. The van der Waals surface area contributed by atoms with E-state index in [0.29, 0.717) is 26.1 Å². The van der Waals surface area contributed by atoms with Crippen LogP contribution >= 0.6 is 0 Å². The molecule has 1 aromatic carbocycles. The van der Waals surface area contributed by atoms with Gasteiger partial charge in [0.2, 0.25) is 11.7 Å². The number of carbonyl (C=O) groups excluding carboxylic acids is 4. The Bertz CT molecular complexity index is 834. The van der Waals surface area contributed by atoms with Crippen molar-refractivity contribution in [3.63, 3.8) is 0 Å². The normalized spacial score (nSPS) is 19.4. The number of ketones is 1. The highest BCUT2D eigenvalue weighted by Crippen LogP contribution is 2.18. The van der Waals surface area contributed by atoms with Crippen molar-refractivity contribution >= 4 is 23.7 Å². The number of amides is 3. The van der Waals surface area contributed by atoms with E-state index in [4.69, 9.17) is 9.47 Å². The number of rotatable bonds is 11. The lowest BCUT2D eigenvalue weighted by Crippen LogP contribution is -2.55. The molecule has 9 heteroatoms. The number of ether oxygens (including phenoxy) is 2. The molecule has 3 amide bonds. The van der Waals surface area contributed by atoms with Gasteiger partial charge in [0.05, 0.1) is 13.2 Å². The average Bonchev–Trinajstić information content (AvgIpc) is 3.44. The van der Waals surface area contributed by atoms with Gasteiger partial charge in [-0.1, -0.05) is 44.2 Å². The maximum atomic E-state index is 13.1. The van der Waals surface area contributed by atoms with Crippen molar-refractivity contribution in [1.29, 1.82) is 0 Å². The van der Waals surface area contributed by atoms with Gasteiger partial charge in [0.25, 0.3) is 5.91 Å².